The van der Waals surface area contributed by atoms with E-state index in [1.54, 1.807) is 24.3 Å². The highest BCUT2D eigenvalue weighted by atomic mass is 16.5. The molecule has 30 heavy (non-hydrogen) atoms. The number of carbonyl (C=O) groups excluding carboxylic acids is 1. The summed E-state index contributed by atoms with van der Waals surface area (Å²) >= 11 is 0. The zero-order valence-electron chi connectivity index (χ0n) is 16.6. The molecule has 4 nitrogen and oxygen atoms in total. The van der Waals surface area contributed by atoms with Gasteiger partial charge in [0.15, 0.2) is 0 Å². The summed E-state index contributed by atoms with van der Waals surface area (Å²) in [5.41, 5.74) is 4.46. The molecule has 1 aliphatic heterocycles. The lowest BCUT2D eigenvalue weighted by atomic mass is 10.1. The Hall–Kier alpha value is -3.92. The van der Waals surface area contributed by atoms with Gasteiger partial charge >= 0.3 is 5.97 Å². The number of carbonyl (C=O) groups is 1. The quantitative estimate of drug-likeness (QED) is 0.391. The topological polar surface area (TPSA) is 47.9 Å². The normalized spacial score (nSPS) is 13.9. The van der Waals surface area contributed by atoms with Gasteiger partial charge in [-0.05, 0) is 78.7 Å². The van der Waals surface area contributed by atoms with Crippen molar-refractivity contribution in [2.24, 2.45) is 4.99 Å². The van der Waals surface area contributed by atoms with Crippen LogP contribution in [-0.2, 0) is 0 Å². The van der Waals surface area contributed by atoms with Gasteiger partial charge < -0.3 is 9.47 Å². The van der Waals surface area contributed by atoms with Crippen LogP contribution in [0.1, 0.15) is 28.4 Å². The standard InChI is InChI=1S/C26H21NO3/c1-2-29-23-12-8-19(9-13-23)16-20-17-25(27-18-20)21-10-14-24(15-11-21)30-26(28)22-6-4-3-5-7-22/h3-18H,2H2,1H3. The first-order valence-electron chi connectivity index (χ1n) is 9.79. The molecule has 4 heteroatoms. The molecule has 0 bridgehead atoms. The number of nitrogens with zero attached hydrogens (tertiary/aromatic N) is 1. The van der Waals surface area contributed by atoms with Crippen molar-refractivity contribution >= 4 is 24.0 Å². The molecule has 0 amide bonds. The Kier molecular flexibility index (Phi) is 5.85. The van der Waals surface area contributed by atoms with Crippen molar-refractivity contribution < 1.29 is 14.3 Å². The number of esters is 1. The zero-order chi connectivity index (χ0) is 20.8. The van der Waals surface area contributed by atoms with Gasteiger partial charge in [0.25, 0.3) is 0 Å². The van der Waals surface area contributed by atoms with E-state index >= 15 is 0 Å². The van der Waals surface area contributed by atoms with Crippen LogP contribution in [0.25, 0.3) is 11.8 Å². The number of hydrogen-bond acceptors (Lipinski definition) is 4. The molecule has 0 aliphatic carbocycles. The summed E-state index contributed by atoms with van der Waals surface area (Å²) in [6, 6.07) is 24.3. The first-order chi connectivity index (χ1) is 14.7. The molecule has 4 rings (SSSR count). The van der Waals surface area contributed by atoms with Crippen LogP contribution in [0.3, 0.4) is 0 Å². The Morgan fingerprint density at radius 2 is 1.60 bits per heavy atom. The summed E-state index contributed by atoms with van der Waals surface area (Å²) in [4.78, 5) is 16.7. The van der Waals surface area contributed by atoms with E-state index in [0.29, 0.717) is 17.9 Å². The van der Waals surface area contributed by atoms with E-state index in [1.165, 1.54) is 0 Å². The maximum atomic E-state index is 12.2. The Balaban J connectivity index is 1.43. The minimum Gasteiger partial charge on any atom is -0.494 e. The van der Waals surface area contributed by atoms with E-state index in [-0.39, 0.29) is 5.97 Å². The molecule has 148 valence electrons. The highest BCUT2D eigenvalue weighted by Gasteiger charge is 2.10. The van der Waals surface area contributed by atoms with E-state index in [2.05, 4.69) is 11.1 Å². The van der Waals surface area contributed by atoms with E-state index in [0.717, 1.165) is 28.1 Å². The van der Waals surface area contributed by atoms with E-state index in [4.69, 9.17) is 9.47 Å². The van der Waals surface area contributed by atoms with Gasteiger partial charge in [-0.25, -0.2) is 4.79 Å². The third-order valence-corrected chi connectivity index (χ3v) is 4.55. The molecule has 3 aromatic rings. The van der Waals surface area contributed by atoms with Crippen molar-refractivity contribution in [3.8, 4) is 11.5 Å². The molecule has 0 fully saturated rings. The van der Waals surface area contributed by atoms with Crippen LogP contribution >= 0.6 is 0 Å². The van der Waals surface area contributed by atoms with Crippen molar-refractivity contribution in [2.75, 3.05) is 6.61 Å². The molecular weight excluding hydrogens is 374 g/mol. The van der Waals surface area contributed by atoms with Crippen LogP contribution in [0.4, 0.5) is 0 Å². The molecule has 0 saturated carbocycles. The number of aliphatic imine (C=N–C) groups is 1. The fourth-order valence-electron chi connectivity index (χ4n) is 3.07. The van der Waals surface area contributed by atoms with Crippen molar-refractivity contribution in [1.29, 1.82) is 0 Å². The summed E-state index contributed by atoms with van der Waals surface area (Å²) in [5, 5.41) is 0. The van der Waals surface area contributed by atoms with Gasteiger partial charge in [0.05, 0.1) is 17.9 Å². The van der Waals surface area contributed by atoms with Gasteiger partial charge in [-0.15, -0.1) is 0 Å². The SMILES string of the molecule is CCOc1ccc(C=C2C=NC(c3ccc(OC(=O)c4ccccc4)cc3)=C2)cc1. The van der Waals surface area contributed by atoms with Crippen LogP contribution in [0.5, 0.6) is 11.5 Å². The van der Waals surface area contributed by atoms with Crippen LogP contribution in [0.15, 0.2) is 95.5 Å². The predicted octanol–water partition coefficient (Wildman–Crippen LogP) is 5.81. The largest absolute Gasteiger partial charge is 0.494 e. The van der Waals surface area contributed by atoms with Crippen LogP contribution in [0.2, 0.25) is 0 Å². The lowest BCUT2D eigenvalue weighted by Crippen LogP contribution is -2.07. The molecule has 0 saturated heterocycles. The molecule has 0 atom stereocenters. The second kappa shape index (κ2) is 9.05. The number of rotatable bonds is 6. The lowest BCUT2D eigenvalue weighted by molar-refractivity contribution is 0.0735. The Labute approximate surface area is 175 Å². The number of allylic oxidation sites excluding steroid dienone is 2. The summed E-state index contributed by atoms with van der Waals surface area (Å²) in [7, 11) is 0. The molecule has 1 aliphatic rings. The van der Waals surface area contributed by atoms with Crippen molar-refractivity contribution in [2.45, 2.75) is 6.92 Å². The molecule has 0 radical (unpaired) electrons. The smallest absolute Gasteiger partial charge is 0.343 e. The van der Waals surface area contributed by atoms with Gasteiger partial charge in [-0.3, -0.25) is 4.99 Å². The average Bonchev–Trinajstić information content (AvgIpc) is 3.25. The molecular formula is C26H21NO3. The second-order valence-electron chi connectivity index (χ2n) is 6.71. The number of hydrogen-bond donors (Lipinski definition) is 0. The molecule has 3 aromatic carbocycles. The summed E-state index contributed by atoms with van der Waals surface area (Å²) in [5.74, 6) is 0.992. The van der Waals surface area contributed by atoms with Gasteiger partial charge in [0.2, 0.25) is 0 Å². The summed E-state index contributed by atoms with van der Waals surface area (Å²) in [6.07, 6.45) is 5.94. The third-order valence-electron chi connectivity index (χ3n) is 4.55. The summed E-state index contributed by atoms with van der Waals surface area (Å²) in [6.45, 7) is 2.63. The van der Waals surface area contributed by atoms with Gasteiger partial charge in [-0.2, -0.15) is 0 Å². The predicted molar refractivity (Wildman–Crippen MR) is 120 cm³/mol. The Morgan fingerprint density at radius 3 is 2.30 bits per heavy atom. The fourth-order valence-corrected chi connectivity index (χ4v) is 3.07. The third kappa shape index (κ3) is 4.73. The van der Waals surface area contributed by atoms with E-state index in [9.17, 15) is 4.79 Å². The first kappa shape index (κ1) is 19.4. The minimum atomic E-state index is -0.373. The highest BCUT2D eigenvalue weighted by molar-refractivity contribution is 5.99. The number of benzene rings is 3. The highest BCUT2D eigenvalue weighted by Crippen LogP contribution is 2.26. The van der Waals surface area contributed by atoms with E-state index in [1.807, 2.05) is 73.8 Å². The van der Waals surface area contributed by atoms with Crippen molar-refractivity contribution in [1.82, 2.24) is 0 Å². The van der Waals surface area contributed by atoms with Gasteiger partial charge in [0, 0.05) is 11.8 Å². The molecule has 0 N–H and O–H groups in total. The lowest BCUT2D eigenvalue weighted by Gasteiger charge is -2.05. The Morgan fingerprint density at radius 1 is 0.900 bits per heavy atom. The second-order valence-corrected chi connectivity index (χ2v) is 6.71. The van der Waals surface area contributed by atoms with Gasteiger partial charge in [-0.1, -0.05) is 30.3 Å². The molecule has 0 aromatic heterocycles. The molecule has 0 spiro atoms. The van der Waals surface area contributed by atoms with Crippen molar-refractivity contribution in [3.63, 3.8) is 0 Å². The first-order valence-corrected chi connectivity index (χ1v) is 9.79. The van der Waals surface area contributed by atoms with E-state index < -0.39 is 0 Å². The maximum Gasteiger partial charge on any atom is 0.343 e. The van der Waals surface area contributed by atoms with Crippen molar-refractivity contribution in [3.05, 3.63) is 107 Å². The number of ether oxygens (including phenoxy) is 2. The maximum absolute atomic E-state index is 12.2. The Bertz CT molecular complexity index is 1110. The van der Waals surface area contributed by atoms with Crippen LogP contribution in [-0.4, -0.2) is 18.8 Å². The minimum absolute atomic E-state index is 0.373. The fraction of sp³-hybridized carbons (Fsp3) is 0.0769. The van der Waals surface area contributed by atoms with Gasteiger partial charge in [0.1, 0.15) is 11.5 Å². The van der Waals surface area contributed by atoms with Crippen LogP contribution in [0, 0.1) is 0 Å². The summed E-state index contributed by atoms with van der Waals surface area (Å²) < 4.78 is 10.9. The molecule has 0 unspecified atom stereocenters. The monoisotopic (exact) mass is 395 g/mol. The zero-order valence-corrected chi connectivity index (χ0v) is 16.6. The average molecular weight is 395 g/mol. The van der Waals surface area contributed by atoms with Crippen LogP contribution < -0.4 is 9.47 Å². The molecule has 1 heterocycles.